The Bertz CT molecular complexity index is 697. The standard InChI is InChI=1S/C19H23N3O/c1-20-19(21-12-14-6-5-8-17(10-14)23-2)22-13-16-11-15-7-3-4-9-18(15)16/h3-10,16H,11-13H2,1-2H3,(H2,20,21,22). The summed E-state index contributed by atoms with van der Waals surface area (Å²) in [6, 6.07) is 16.7. The summed E-state index contributed by atoms with van der Waals surface area (Å²) in [7, 11) is 3.49. The maximum Gasteiger partial charge on any atom is 0.191 e. The molecule has 4 heteroatoms. The first-order valence-electron chi connectivity index (χ1n) is 7.95. The van der Waals surface area contributed by atoms with E-state index < -0.39 is 0 Å². The summed E-state index contributed by atoms with van der Waals surface area (Å²) in [4.78, 5) is 4.30. The predicted molar refractivity (Wildman–Crippen MR) is 94.1 cm³/mol. The van der Waals surface area contributed by atoms with Gasteiger partial charge in [-0.1, -0.05) is 36.4 Å². The van der Waals surface area contributed by atoms with Crippen LogP contribution < -0.4 is 15.4 Å². The number of hydrogen-bond donors (Lipinski definition) is 2. The number of rotatable bonds is 5. The van der Waals surface area contributed by atoms with E-state index in [0.717, 1.165) is 31.2 Å². The van der Waals surface area contributed by atoms with Gasteiger partial charge in [-0.05, 0) is 35.2 Å². The molecule has 0 saturated heterocycles. The molecule has 0 aromatic heterocycles. The van der Waals surface area contributed by atoms with Gasteiger partial charge in [0.25, 0.3) is 0 Å². The maximum absolute atomic E-state index is 5.25. The lowest BCUT2D eigenvalue weighted by molar-refractivity contribution is 0.414. The SMILES string of the molecule is CN=C(NCc1cccc(OC)c1)NCC1Cc2ccccc21. The van der Waals surface area contributed by atoms with Crippen LogP contribution in [-0.4, -0.2) is 26.7 Å². The Kier molecular flexibility index (Phi) is 4.81. The Balaban J connectivity index is 1.49. The molecule has 23 heavy (non-hydrogen) atoms. The van der Waals surface area contributed by atoms with E-state index in [1.165, 1.54) is 16.7 Å². The molecule has 0 bridgehead atoms. The molecule has 0 saturated carbocycles. The summed E-state index contributed by atoms with van der Waals surface area (Å²) >= 11 is 0. The molecule has 4 nitrogen and oxygen atoms in total. The molecule has 1 atom stereocenters. The molecule has 1 unspecified atom stereocenters. The molecule has 2 aromatic rings. The third kappa shape index (κ3) is 3.65. The zero-order valence-electron chi connectivity index (χ0n) is 13.7. The van der Waals surface area contributed by atoms with Crippen LogP contribution in [0.4, 0.5) is 0 Å². The zero-order valence-corrected chi connectivity index (χ0v) is 13.7. The fourth-order valence-corrected chi connectivity index (χ4v) is 2.95. The molecule has 0 amide bonds. The Labute approximate surface area is 137 Å². The van der Waals surface area contributed by atoms with Crippen LogP contribution in [0.3, 0.4) is 0 Å². The molecule has 3 rings (SSSR count). The lowest BCUT2D eigenvalue weighted by Gasteiger charge is -2.30. The summed E-state index contributed by atoms with van der Waals surface area (Å²) < 4.78 is 5.25. The number of methoxy groups -OCH3 is 1. The molecule has 0 spiro atoms. The van der Waals surface area contributed by atoms with Gasteiger partial charge in [-0.2, -0.15) is 0 Å². The summed E-state index contributed by atoms with van der Waals surface area (Å²) in [5.41, 5.74) is 4.10. The highest BCUT2D eigenvalue weighted by Gasteiger charge is 2.25. The van der Waals surface area contributed by atoms with Crippen LogP contribution in [0.1, 0.15) is 22.6 Å². The molecule has 1 aliphatic carbocycles. The molecule has 2 N–H and O–H groups in total. The topological polar surface area (TPSA) is 45.7 Å². The third-order valence-electron chi connectivity index (χ3n) is 4.29. The van der Waals surface area contributed by atoms with Gasteiger partial charge in [-0.15, -0.1) is 0 Å². The number of benzene rings is 2. The minimum Gasteiger partial charge on any atom is -0.497 e. The van der Waals surface area contributed by atoms with Crippen molar-refractivity contribution >= 4 is 5.96 Å². The first-order valence-corrected chi connectivity index (χ1v) is 7.95. The van der Waals surface area contributed by atoms with Gasteiger partial charge in [-0.3, -0.25) is 4.99 Å². The van der Waals surface area contributed by atoms with E-state index in [2.05, 4.69) is 46.0 Å². The zero-order chi connectivity index (χ0) is 16.1. The fraction of sp³-hybridized carbons (Fsp3) is 0.316. The van der Waals surface area contributed by atoms with Crippen LogP contribution >= 0.6 is 0 Å². The van der Waals surface area contributed by atoms with Gasteiger partial charge >= 0.3 is 0 Å². The second-order valence-electron chi connectivity index (χ2n) is 5.76. The molecule has 120 valence electrons. The quantitative estimate of drug-likeness (QED) is 0.659. The van der Waals surface area contributed by atoms with Gasteiger partial charge in [0.1, 0.15) is 5.75 Å². The largest absolute Gasteiger partial charge is 0.497 e. The van der Waals surface area contributed by atoms with Crippen molar-refractivity contribution in [2.45, 2.75) is 18.9 Å². The van der Waals surface area contributed by atoms with Crippen LogP contribution in [0.2, 0.25) is 0 Å². The van der Waals surface area contributed by atoms with Crippen LogP contribution in [-0.2, 0) is 13.0 Å². The van der Waals surface area contributed by atoms with E-state index in [4.69, 9.17) is 4.74 Å². The van der Waals surface area contributed by atoms with Gasteiger partial charge in [-0.25, -0.2) is 0 Å². The third-order valence-corrected chi connectivity index (χ3v) is 4.29. The number of nitrogens with zero attached hydrogens (tertiary/aromatic N) is 1. The molecular formula is C19H23N3O. The molecular weight excluding hydrogens is 286 g/mol. The Hall–Kier alpha value is -2.49. The summed E-state index contributed by atoms with van der Waals surface area (Å²) in [6.45, 7) is 1.63. The van der Waals surface area contributed by atoms with Gasteiger partial charge < -0.3 is 15.4 Å². The molecule has 0 heterocycles. The first kappa shape index (κ1) is 15.4. The molecule has 1 aliphatic rings. The van der Waals surface area contributed by atoms with E-state index >= 15 is 0 Å². The van der Waals surface area contributed by atoms with Crippen LogP contribution in [0.15, 0.2) is 53.5 Å². The molecule has 0 fully saturated rings. The first-order chi connectivity index (χ1) is 11.3. The number of fused-ring (bicyclic) bond motifs is 1. The highest BCUT2D eigenvalue weighted by molar-refractivity contribution is 5.79. The lowest BCUT2D eigenvalue weighted by atomic mass is 9.78. The van der Waals surface area contributed by atoms with Gasteiger partial charge in [0.15, 0.2) is 5.96 Å². The van der Waals surface area contributed by atoms with E-state index in [9.17, 15) is 0 Å². The van der Waals surface area contributed by atoms with Crippen LogP contribution in [0.25, 0.3) is 0 Å². The average molecular weight is 309 g/mol. The minimum absolute atomic E-state index is 0.585. The van der Waals surface area contributed by atoms with Crippen molar-refractivity contribution in [2.24, 2.45) is 4.99 Å². The lowest BCUT2D eigenvalue weighted by Crippen LogP contribution is -2.40. The second-order valence-corrected chi connectivity index (χ2v) is 5.76. The Morgan fingerprint density at radius 2 is 2.04 bits per heavy atom. The number of ether oxygens (including phenoxy) is 1. The van der Waals surface area contributed by atoms with E-state index in [-0.39, 0.29) is 0 Å². The fourth-order valence-electron chi connectivity index (χ4n) is 2.95. The van der Waals surface area contributed by atoms with Crippen molar-refractivity contribution in [1.82, 2.24) is 10.6 Å². The van der Waals surface area contributed by atoms with Crippen molar-refractivity contribution in [1.29, 1.82) is 0 Å². The van der Waals surface area contributed by atoms with Crippen molar-refractivity contribution in [3.63, 3.8) is 0 Å². The van der Waals surface area contributed by atoms with Crippen molar-refractivity contribution < 1.29 is 4.74 Å². The number of guanidine groups is 1. The maximum atomic E-state index is 5.25. The predicted octanol–water partition coefficient (Wildman–Crippen LogP) is 2.70. The van der Waals surface area contributed by atoms with E-state index in [0.29, 0.717) is 5.92 Å². The minimum atomic E-state index is 0.585. The second kappa shape index (κ2) is 7.18. The normalized spacial score (nSPS) is 16.3. The number of hydrogen-bond acceptors (Lipinski definition) is 2. The van der Waals surface area contributed by atoms with Crippen molar-refractivity contribution in [3.05, 3.63) is 65.2 Å². The number of aliphatic imine (C=N–C) groups is 1. The van der Waals surface area contributed by atoms with Crippen molar-refractivity contribution in [3.8, 4) is 5.75 Å². The summed E-state index contributed by atoms with van der Waals surface area (Å²) in [5, 5.41) is 6.77. The van der Waals surface area contributed by atoms with Gasteiger partial charge in [0, 0.05) is 26.1 Å². The Morgan fingerprint density at radius 1 is 1.17 bits per heavy atom. The van der Waals surface area contributed by atoms with Crippen LogP contribution in [0, 0.1) is 0 Å². The molecule has 2 aromatic carbocycles. The van der Waals surface area contributed by atoms with Crippen molar-refractivity contribution in [2.75, 3.05) is 20.7 Å². The highest BCUT2D eigenvalue weighted by atomic mass is 16.5. The number of nitrogens with one attached hydrogen (secondary N) is 2. The van der Waals surface area contributed by atoms with Crippen LogP contribution in [0.5, 0.6) is 5.75 Å². The van der Waals surface area contributed by atoms with Gasteiger partial charge in [0.2, 0.25) is 0 Å². The summed E-state index contributed by atoms with van der Waals surface area (Å²) in [5.74, 6) is 2.29. The van der Waals surface area contributed by atoms with E-state index in [1.54, 1.807) is 14.2 Å². The highest BCUT2D eigenvalue weighted by Crippen LogP contribution is 2.33. The Morgan fingerprint density at radius 3 is 2.83 bits per heavy atom. The monoisotopic (exact) mass is 309 g/mol. The molecule has 0 aliphatic heterocycles. The summed E-state index contributed by atoms with van der Waals surface area (Å²) in [6.07, 6.45) is 1.15. The molecule has 0 radical (unpaired) electrons. The smallest absolute Gasteiger partial charge is 0.191 e. The van der Waals surface area contributed by atoms with E-state index in [1.807, 2.05) is 18.2 Å². The average Bonchev–Trinajstić information content (AvgIpc) is 2.58. The van der Waals surface area contributed by atoms with Gasteiger partial charge in [0.05, 0.1) is 7.11 Å².